The van der Waals surface area contributed by atoms with Crippen LogP contribution in [0.3, 0.4) is 0 Å². The number of hydrogen-bond acceptors (Lipinski definition) is 6. The van der Waals surface area contributed by atoms with Crippen molar-refractivity contribution in [3.63, 3.8) is 0 Å². The van der Waals surface area contributed by atoms with Gasteiger partial charge in [0.15, 0.2) is 6.10 Å². The van der Waals surface area contributed by atoms with Crippen LogP contribution >= 0.6 is 11.6 Å². The highest BCUT2D eigenvalue weighted by Gasteiger charge is 2.22. The second-order valence-electron chi connectivity index (χ2n) is 5.44. The Morgan fingerprint density at radius 1 is 1.19 bits per heavy atom. The zero-order valence-corrected chi connectivity index (χ0v) is 15.8. The van der Waals surface area contributed by atoms with Crippen LogP contribution < -0.4 is 4.72 Å². The molecular weight excluding hydrogens is 392 g/mol. The highest BCUT2D eigenvalue weighted by molar-refractivity contribution is 7.89. The molecule has 0 heterocycles. The fourth-order valence-electron chi connectivity index (χ4n) is 2.17. The SMILES string of the molecule is C[C@@H](OC(=O)CNS(=O)(=O)c1ccccc1C#N)C(=O)c1ccc(Cl)cc1. The molecule has 0 spiro atoms. The molecular formula is C18H15ClN2O5S. The second-order valence-corrected chi connectivity index (χ2v) is 7.61. The number of nitrogens with zero attached hydrogens (tertiary/aromatic N) is 1. The fourth-order valence-corrected chi connectivity index (χ4v) is 3.42. The van der Waals surface area contributed by atoms with Gasteiger partial charge >= 0.3 is 5.97 Å². The second kappa shape index (κ2) is 8.77. The molecule has 0 aliphatic rings. The van der Waals surface area contributed by atoms with E-state index in [0.717, 1.165) is 0 Å². The Morgan fingerprint density at radius 3 is 2.44 bits per heavy atom. The fraction of sp³-hybridized carbons (Fsp3) is 0.167. The molecule has 0 aromatic heterocycles. The van der Waals surface area contributed by atoms with E-state index in [4.69, 9.17) is 21.6 Å². The van der Waals surface area contributed by atoms with Crippen LogP contribution in [0.2, 0.25) is 5.02 Å². The third-order valence-electron chi connectivity index (χ3n) is 3.51. The summed E-state index contributed by atoms with van der Waals surface area (Å²) in [5.74, 6) is -1.37. The Bertz CT molecular complexity index is 997. The zero-order valence-electron chi connectivity index (χ0n) is 14.2. The van der Waals surface area contributed by atoms with Gasteiger partial charge in [0.2, 0.25) is 15.8 Å². The van der Waals surface area contributed by atoms with Crippen molar-refractivity contribution in [2.45, 2.75) is 17.9 Å². The number of sulfonamides is 1. The predicted molar refractivity (Wildman–Crippen MR) is 97.7 cm³/mol. The predicted octanol–water partition coefficient (Wildman–Crippen LogP) is 2.30. The average molecular weight is 407 g/mol. The number of nitrogens with one attached hydrogen (secondary N) is 1. The first-order chi connectivity index (χ1) is 12.7. The van der Waals surface area contributed by atoms with Gasteiger partial charge < -0.3 is 4.74 Å². The van der Waals surface area contributed by atoms with E-state index in [-0.39, 0.29) is 10.5 Å². The third kappa shape index (κ3) is 5.37. The van der Waals surface area contributed by atoms with E-state index >= 15 is 0 Å². The molecule has 27 heavy (non-hydrogen) atoms. The summed E-state index contributed by atoms with van der Waals surface area (Å²) in [5.41, 5.74) is 0.257. The minimum absolute atomic E-state index is 0.0512. The van der Waals surface area contributed by atoms with Crippen molar-refractivity contribution in [3.8, 4) is 6.07 Å². The minimum Gasteiger partial charge on any atom is -0.453 e. The summed E-state index contributed by atoms with van der Waals surface area (Å²) in [4.78, 5) is 23.8. The Kier molecular flexibility index (Phi) is 6.69. The Balaban J connectivity index is 1.98. The summed E-state index contributed by atoms with van der Waals surface area (Å²) in [5, 5.41) is 9.45. The van der Waals surface area contributed by atoms with Crippen molar-refractivity contribution in [1.29, 1.82) is 5.26 Å². The maximum atomic E-state index is 12.2. The first-order valence-corrected chi connectivity index (χ1v) is 9.59. The van der Waals surface area contributed by atoms with Gasteiger partial charge in [0.1, 0.15) is 12.6 Å². The van der Waals surface area contributed by atoms with E-state index in [1.165, 1.54) is 55.5 Å². The first kappa shape index (κ1) is 20.6. The molecule has 9 heteroatoms. The number of ether oxygens (including phenoxy) is 1. The number of halogens is 1. The number of hydrogen-bond donors (Lipinski definition) is 1. The summed E-state index contributed by atoms with van der Waals surface area (Å²) in [6.45, 7) is 0.703. The van der Waals surface area contributed by atoms with Crippen molar-refractivity contribution in [2.75, 3.05) is 6.54 Å². The maximum absolute atomic E-state index is 12.2. The molecule has 0 aliphatic carbocycles. The third-order valence-corrected chi connectivity index (χ3v) is 5.22. The van der Waals surface area contributed by atoms with Gasteiger partial charge in [0, 0.05) is 10.6 Å². The van der Waals surface area contributed by atoms with E-state index in [9.17, 15) is 18.0 Å². The summed E-state index contributed by atoms with van der Waals surface area (Å²) in [6.07, 6.45) is -1.10. The van der Waals surface area contributed by atoms with Crippen LogP contribution in [0.4, 0.5) is 0 Å². The molecule has 0 unspecified atom stereocenters. The molecule has 140 valence electrons. The number of nitriles is 1. The molecule has 0 radical (unpaired) electrons. The molecule has 2 rings (SSSR count). The monoisotopic (exact) mass is 406 g/mol. The standard InChI is InChI=1S/C18H15ClN2O5S/c1-12(18(23)13-6-8-15(19)9-7-13)26-17(22)11-21-27(24,25)16-5-3-2-4-14(16)10-20/h2-9,12,21H,11H2,1H3/t12-/m1/s1. The molecule has 0 bridgehead atoms. The highest BCUT2D eigenvalue weighted by Crippen LogP contribution is 2.14. The summed E-state index contributed by atoms with van der Waals surface area (Å²) >= 11 is 5.75. The quantitative estimate of drug-likeness (QED) is 0.557. The van der Waals surface area contributed by atoms with Crippen molar-refractivity contribution in [2.24, 2.45) is 0 Å². The van der Waals surface area contributed by atoms with E-state index in [0.29, 0.717) is 10.6 Å². The largest absolute Gasteiger partial charge is 0.453 e. The lowest BCUT2D eigenvalue weighted by Crippen LogP contribution is -2.34. The number of Topliss-reactive ketones (excluding diaryl/α,β-unsaturated/α-hetero) is 1. The Hall–Kier alpha value is -2.73. The first-order valence-electron chi connectivity index (χ1n) is 7.72. The summed E-state index contributed by atoms with van der Waals surface area (Å²) in [6, 6.07) is 13.4. The number of rotatable bonds is 7. The molecule has 0 saturated carbocycles. The van der Waals surface area contributed by atoms with Gasteiger partial charge in [-0.05, 0) is 43.3 Å². The van der Waals surface area contributed by atoms with Crippen LogP contribution in [0.1, 0.15) is 22.8 Å². The van der Waals surface area contributed by atoms with E-state index < -0.39 is 34.4 Å². The van der Waals surface area contributed by atoms with Crippen LogP contribution in [0, 0.1) is 11.3 Å². The van der Waals surface area contributed by atoms with Gasteiger partial charge in [-0.1, -0.05) is 23.7 Å². The van der Waals surface area contributed by atoms with Gasteiger partial charge in [-0.3, -0.25) is 9.59 Å². The highest BCUT2D eigenvalue weighted by atomic mass is 35.5. The van der Waals surface area contributed by atoms with E-state index in [1.807, 2.05) is 0 Å². The van der Waals surface area contributed by atoms with Crippen LogP contribution in [-0.2, 0) is 19.6 Å². The van der Waals surface area contributed by atoms with Gasteiger partial charge in [-0.15, -0.1) is 0 Å². The van der Waals surface area contributed by atoms with Crippen LogP contribution in [0.5, 0.6) is 0 Å². The van der Waals surface area contributed by atoms with Gasteiger partial charge in [-0.25, -0.2) is 8.42 Å². The number of carbonyl (C=O) groups is 2. The molecule has 0 saturated heterocycles. The number of carbonyl (C=O) groups excluding carboxylic acids is 2. The molecule has 2 aromatic carbocycles. The van der Waals surface area contributed by atoms with E-state index in [2.05, 4.69) is 4.72 Å². The van der Waals surface area contributed by atoms with Crippen molar-refractivity contribution in [1.82, 2.24) is 4.72 Å². The van der Waals surface area contributed by atoms with E-state index in [1.54, 1.807) is 6.07 Å². The number of esters is 1. The van der Waals surface area contributed by atoms with Gasteiger partial charge in [0.25, 0.3) is 0 Å². The normalized spacial score (nSPS) is 12.0. The van der Waals surface area contributed by atoms with Crippen molar-refractivity contribution in [3.05, 3.63) is 64.7 Å². The molecule has 7 nitrogen and oxygen atoms in total. The van der Waals surface area contributed by atoms with Crippen LogP contribution in [-0.4, -0.2) is 32.8 Å². The van der Waals surface area contributed by atoms with Crippen molar-refractivity contribution < 1.29 is 22.7 Å². The number of ketones is 1. The van der Waals surface area contributed by atoms with Crippen LogP contribution in [0.25, 0.3) is 0 Å². The molecule has 1 atom stereocenters. The smallest absolute Gasteiger partial charge is 0.321 e. The zero-order chi connectivity index (χ0) is 20.0. The lowest BCUT2D eigenvalue weighted by atomic mass is 10.1. The molecule has 0 amide bonds. The molecule has 0 aliphatic heterocycles. The molecule has 0 fully saturated rings. The number of benzene rings is 2. The minimum atomic E-state index is -4.08. The summed E-state index contributed by atoms with van der Waals surface area (Å²) in [7, 11) is -4.08. The van der Waals surface area contributed by atoms with Crippen LogP contribution in [0.15, 0.2) is 53.4 Å². The Morgan fingerprint density at radius 2 is 1.81 bits per heavy atom. The lowest BCUT2D eigenvalue weighted by Gasteiger charge is -2.13. The molecule has 1 N–H and O–H groups in total. The maximum Gasteiger partial charge on any atom is 0.321 e. The van der Waals surface area contributed by atoms with Crippen molar-refractivity contribution >= 4 is 33.4 Å². The van der Waals surface area contributed by atoms with Gasteiger partial charge in [-0.2, -0.15) is 9.98 Å². The molecule has 2 aromatic rings. The summed E-state index contributed by atoms with van der Waals surface area (Å²) < 4.78 is 31.5. The topological polar surface area (TPSA) is 113 Å². The Labute approximate surface area is 161 Å². The lowest BCUT2D eigenvalue weighted by molar-refractivity contribution is -0.144. The average Bonchev–Trinajstić information content (AvgIpc) is 2.66. The van der Waals surface area contributed by atoms with Gasteiger partial charge in [0.05, 0.1) is 10.5 Å².